The van der Waals surface area contributed by atoms with Crippen LogP contribution < -0.4 is 16.6 Å². The number of aromatic nitrogens is 2. The minimum Gasteiger partial charge on any atom is -0.480 e. The first-order chi connectivity index (χ1) is 12.1. The number of fused-ring (bicyclic) bond motifs is 2. The molecule has 3 heterocycles. The highest BCUT2D eigenvalue weighted by Gasteiger charge is 2.15. The third-order valence-electron chi connectivity index (χ3n) is 4.15. The number of aromatic amines is 2. The summed E-state index contributed by atoms with van der Waals surface area (Å²) in [6.45, 7) is 1.55. The van der Waals surface area contributed by atoms with Crippen molar-refractivity contribution in [3.63, 3.8) is 0 Å². The van der Waals surface area contributed by atoms with Gasteiger partial charge in [-0.3, -0.25) is 9.59 Å². The van der Waals surface area contributed by atoms with E-state index in [0.717, 1.165) is 40.8 Å². The zero-order chi connectivity index (χ0) is 17.8. The maximum Gasteiger partial charge on any atom is 0.320 e. The van der Waals surface area contributed by atoms with Gasteiger partial charge in [-0.25, -0.2) is 0 Å². The molecule has 0 amide bonds. The summed E-state index contributed by atoms with van der Waals surface area (Å²) in [5.41, 5.74) is 8.17. The van der Waals surface area contributed by atoms with Gasteiger partial charge in [-0.1, -0.05) is 18.2 Å². The molecule has 3 aromatic rings. The van der Waals surface area contributed by atoms with Gasteiger partial charge in [-0.2, -0.15) is 5.16 Å². The van der Waals surface area contributed by atoms with Crippen LogP contribution in [0.1, 0.15) is 16.9 Å². The minimum absolute atomic E-state index is 0.0727. The highest BCUT2D eigenvalue weighted by atomic mass is 16.5. The van der Waals surface area contributed by atoms with E-state index in [0.29, 0.717) is 13.0 Å². The molecule has 0 spiro atoms. The normalized spacial score (nSPS) is 14.4. The van der Waals surface area contributed by atoms with Crippen LogP contribution in [0.5, 0.6) is 0 Å². The average Bonchev–Trinajstić information content (AvgIpc) is 3.20. The summed E-state index contributed by atoms with van der Waals surface area (Å²) in [5.74, 6) is -0.212. The van der Waals surface area contributed by atoms with Gasteiger partial charge in [0.05, 0.1) is 12.1 Å². The fourth-order valence-corrected chi connectivity index (χ4v) is 2.79. The van der Waals surface area contributed by atoms with Crippen molar-refractivity contribution in [1.82, 2.24) is 15.5 Å². The number of rotatable bonds is 3. The van der Waals surface area contributed by atoms with Crippen LogP contribution in [0.25, 0.3) is 10.9 Å². The number of carbonyl (C=O) groups is 1. The Labute approximate surface area is 143 Å². The molecule has 1 aliphatic rings. The standard InChI is InChI=1S/C11H12N2O2.C6H8N2O2/c12-9(11(14)15)5-7-6-13-10-4-2-1-3-8(7)10;9-6-4-1-2-7-3-5(4)10-8-6/h1-4,6,9,13H,5,12H2,(H,14,15);7H,1-3H2,(H,8,9)/t9-;/m0./s1. The maximum absolute atomic E-state index is 10.9. The molecule has 0 aliphatic carbocycles. The Bertz CT molecular complexity index is 924. The first-order valence-corrected chi connectivity index (χ1v) is 7.99. The number of nitrogens with two attached hydrogens (primary N) is 1. The van der Waals surface area contributed by atoms with Crippen LogP contribution in [-0.4, -0.2) is 33.8 Å². The van der Waals surface area contributed by atoms with E-state index >= 15 is 0 Å². The summed E-state index contributed by atoms with van der Waals surface area (Å²) < 4.78 is 4.89. The summed E-state index contributed by atoms with van der Waals surface area (Å²) in [4.78, 5) is 24.6. The zero-order valence-electron chi connectivity index (χ0n) is 13.5. The van der Waals surface area contributed by atoms with Gasteiger partial charge in [-0.15, -0.1) is 0 Å². The van der Waals surface area contributed by atoms with Crippen molar-refractivity contribution in [3.05, 3.63) is 57.7 Å². The molecule has 0 saturated heterocycles. The van der Waals surface area contributed by atoms with Crippen LogP contribution in [0.3, 0.4) is 0 Å². The Balaban J connectivity index is 0.000000157. The molecule has 0 radical (unpaired) electrons. The van der Waals surface area contributed by atoms with Crippen molar-refractivity contribution in [2.24, 2.45) is 5.73 Å². The molecule has 0 saturated carbocycles. The lowest BCUT2D eigenvalue weighted by atomic mass is 10.1. The molecular formula is C17H20N4O4. The third kappa shape index (κ3) is 3.81. The second-order valence-electron chi connectivity index (χ2n) is 5.87. The van der Waals surface area contributed by atoms with Gasteiger partial charge in [0, 0.05) is 23.5 Å². The first kappa shape index (κ1) is 17.0. The molecule has 132 valence electrons. The number of H-pyrrole nitrogens is 2. The summed E-state index contributed by atoms with van der Waals surface area (Å²) in [7, 11) is 0. The number of hydrogen-bond donors (Lipinski definition) is 5. The number of aliphatic carboxylic acids is 1. The van der Waals surface area contributed by atoms with Gasteiger partial charge in [0.25, 0.3) is 5.56 Å². The maximum atomic E-state index is 10.9. The van der Waals surface area contributed by atoms with Gasteiger partial charge in [0.1, 0.15) is 6.04 Å². The number of carboxylic acids is 1. The molecule has 4 rings (SSSR count). The number of hydrogen-bond acceptors (Lipinski definition) is 5. The number of carboxylic acid groups (broad SMARTS) is 1. The molecular weight excluding hydrogens is 324 g/mol. The highest BCUT2D eigenvalue weighted by Crippen LogP contribution is 2.18. The molecule has 1 aliphatic heterocycles. The van der Waals surface area contributed by atoms with Crippen molar-refractivity contribution < 1.29 is 14.4 Å². The van der Waals surface area contributed by atoms with Crippen LogP contribution in [0.4, 0.5) is 0 Å². The second-order valence-corrected chi connectivity index (χ2v) is 5.87. The SMILES string of the molecule is N[C@@H](Cc1c[nH]c2ccccc12)C(=O)O.O=c1[nH]oc2c1CCNC2. The van der Waals surface area contributed by atoms with Gasteiger partial charge in [0.2, 0.25) is 0 Å². The zero-order valence-corrected chi connectivity index (χ0v) is 13.5. The predicted molar refractivity (Wildman–Crippen MR) is 92.4 cm³/mol. The molecule has 25 heavy (non-hydrogen) atoms. The van der Waals surface area contributed by atoms with Gasteiger partial charge in [-0.05, 0) is 24.6 Å². The number of benzene rings is 1. The van der Waals surface area contributed by atoms with E-state index in [1.807, 2.05) is 30.5 Å². The Morgan fingerprint density at radius 2 is 2.16 bits per heavy atom. The van der Waals surface area contributed by atoms with Gasteiger partial charge < -0.3 is 25.7 Å². The lowest BCUT2D eigenvalue weighted by molar-refractivity contribution is -0.138. The van der Waals surface area contributed by atoms with E-state index in [2.05, 4.69) is 15.5 Å². The highest BCUT2D eigenvalue weighted by molar-refractivity contribution is 5.84. The van der Waals surface area contributed by atoms with Gasteiger partial charge >= 0.3 is 5.97 Å². The smallest absolute Gasteiger partial charge is 0.320 e. The monoisotopic (exact) mass is 344 g/mol. The summed E-state index contributed by atoms with van der Waals surface area (Å²) in [6, 6.07) is 6.91. The molecule has 0 unspecified atom stereocenters. The van der Waals surface area contributed by atoms with E-state index < -0.39 is 12.0 Å². The second kappa shape index (κ2) is 7.37. The third-order valence-corrected chi connectivity index (χ3v) is 4.15. The van der Waals surface area contributed by atoms with E-state index in [-0.39, 0.29) is 5.56 Å². The lowest BCUT2D eigenvalue weighted by Gasteiger charge is -2.07. The van der Waals surface area contributed by atoms with Crippen LogP contribution in [0.2, 0.25) is 0 Å². The number of para-hydroxylation sites is 1. The Morgan fingerprint density at radius 3 is 2.92 bits per heavy atom. The van der Waals surface area contributed by atoms with E-state index in [9.17, 15) is 9.59 Å². The molecule has 6 N–H and O–H groups in total. The topological polar surface area (TPSA) is 137 Å². The molecule has 1 atom stereocenters. The molecule has 2 aromatic heterocycles. The predicted octanol–water partition coefficient (Wildman–Crippen LogP) is 0.736. The van der Waals surface area contributed by atoms with Gasteiger partial charge in [0.15, 0.2) is 5.76 Å². The Hall–Kier alpha value is -2.84. The molecule has 8 heteroatoms. The van der Waals surface area contributed by atoms with Crippen molar-refractivity contribution >= 4 is 16.9 Å². The average molecular weight is 344 g/mol. The van der Waals surface area contributed by atoms with Crippen LogP contribution in [0, 0.1) is 0 Å². The minimum atomic E-state index is -0.972. The fraction of sp³-hybridized carbons (Fsp3) is 0.294. The Morgan fingerprint density at radius 1 is 1.36 bits per heavy atom. The van der Waals surface area contributed by atoms with Crippen molar-refractivity contribution in [2.45, 2.75) is 25.4 Å². The van der Waals surface area contributed by atoms with E-state index in [4.69, 9.17) is 15.4 Å². The Kier molecular flexibility index (Phi) is 5.01. The molecule has 8 nitrogen and oxygen atoms in total. The molecule has 1 aromatic carbocycles. The van der Waals surface area contributed by atoms with Crippen molar-refractivity contribution in [1.29, 1.82) is 0 Å². The molecule has 0 fully saturated rings. The summed E-state index contributed by atoms with van der Waals surface area (Å²) in [6.07, 6.45) is 2.94. The van der Waals surface area contributed by atoms with E-state index in [1.54, 1.807) is 0 Å². The largest absolute Gasteiger partial charge is 0.480 e. The first-order valence-electron chi connectivity index (χ1n) is 7.99. The van der Waals surface area contributed by atoms with E-state index in [1.165, 1.54) is 0 Å². The lowest BCUT2D eigenvalue weighted by Crippen LogP contribution is -2.32. The molecule has 0 bridgehead atoms. The fourth-order valence-electron chi connectivity index (χ4n) is 2.79. The van der Waals surface area contributed by atoms with Crippen LogP contribution in [0.15, 0.2) is 39.8 Å². The quantitative estimate of drug-likeness (QED) is 0.475. The number of nitrogens with one attached hydrogen (secondary N) is 3. The summed E-state index contributed by atoms with van der Waals surface area (Å²) >= 11 is 0. The van der Waals surface area contributed by atoms with Crippen LogP contribution >= 0.6 is 0 Å². The van der Waals surface area contributed by atoms with Crippen molar-refractivity contribution in [3.8, 4) is 0 Å². The van der Waals surface area contributed by atoms with Crippen LogP contribution in [-0.2, 0) is 24.2 Å². The van der Waals surface area contributed by atoms with Crippen molar-refractivity contribution in [2.75, 3.05) is 6.54 Å². The summed E-state index contributed by atoms with van der Waals surface area (Å²) in [5, 5.41) is 15.2.